The van der Waals surface area contributed by atoms with Crippen LogP contribution in [0.25, 0.3) is 20.3 Å². The first-order chi connectivity index (χ1) is 10.6. The van der Waals surface area contributed by atoms with Crippen molar-refractivity contribution in [2.24, 2.45) is 0 Å². The Hall–Kier alpha value is -1.47. The number of nitrogens with one attached hydrogen (secondary N) is 2. The molecule has 0 aliphatic carbocycles. The van der Waals surface area contributed by atoms with Crippen LogP contribution in [0.15, 0.2) is 23.0 Å². The highest BCUT2D eigenvalue weighted by Crippen LogP contribution is 2.32. The van der Waals surface area contributed by atoms with Crippen molar-refractivity contribution >= 4 is 43.2 Å². The lowest BCUT2D eigenvalue weighted by Gasteiger charge is -2.11. The Kier molecular flexibility index (Phi) is 3.41. The highest BCUT2D eigenvalue weighted by atomic mass is 35.5. The van der Waals surface area contributed by atoms with Crippen LogP contribution in [0.4, 0.5) is 0 Å². The number of thiophene rings is 1. The first-order valence-corrected chi connectivity index (χ1v) is 8.42. The summed E-state index contributed by atoms with van der Waals surface area (Å²) in [4.78, 5) is 21.1. The molecule has 0 saturated carbocycles. The van der Waals surface area contributed by atoms with Crippen molar-refractivity contribution < 1.29 is 10.0 Å². The zero-order valence-corrected chi connectivity index (χ0v) is 13.3. The summed E-state index contributed by atoms with van der Waals surface area (Å²) in [5, 5.41) is 11.2. The summed E-state index contributed by atoms with van der Waals surface area (Å²) in [7, 11) is 0. The number of aliphatic hydroxyl groups excluding tert-OH is 1. The molecule has 114 valence electrons. The van der Waals surface area contributed by atoms with Crippen LogP contribution in [-0.4, -0.2) is 34.3 Å². The van der Waals surface area contributed by atoms with E-state index >= 15 is 0 Å². The summed E-state index contributed by atoms with van der Waals surface area (Å²) in [5.41, 5.74) is 0.622. The molecule has 3 aromatic rings. The van der Waals surface area contributed by atoms with Gasteiger partial charge in [0.15, 0.2) is 5.82 Å². The zero-order valence-electron chi connectivity index (χ0n) is 11.7. The highest BCUT2D eigenvalue weighted by Gasteiger charge is 2.25. The second-order valence-corrected chi connectivity index (χ2v) is 7.24. The van der Waals surface area contributed by atoms with Crippen molar-refractivity contribution in [2.75, 3.05) is 13.1 Å². The number of nitrogens with zero attached hydrogens (tertiary/aromatic N) is 1. The fourth-order valence-electron chi connectivity index (χ4n) is 3.06. The molecule has 1 aliphatic heterocycles. The van der Waals surface area contributed by atoms with Crippen LogP contribution in [0.3, 0.4) is 0 Å². The Balaban J connectivity index is 1.82. The van der Waals surface area contributed by atoms with Gasteiger partial charge in [-0.3, -0.25) is 4.79 Å². The average Bonchev–Trinajstić information content (AvgIpc) is 3.03. The van der Waals surface area contributed by atoms with Gasteiger partial charge in [-0.25, -0.2) is 4.98 Å². The maximum atomic E-state index is 12.3. The van der Waals surface area contributed by atoms with Crippen molar-refractivity contribution in [3.63, 3.8) is 0 Å². The summed E-state index contributed by atoms with van der Waals surface area (Å²) in [6, 6.07) is 5.60. The van der Waals surface area contributed by atoms with E-state index < -0.39 is 0 Å². The van der Waals surface area contributed by atoms with Crippen LogP contribution in [0.1, 0.15) is 12.2 Å². The van der Waals surface area contributed by atoms with Crippen molar-refractivity contribution in [2.45, 2.75) is 19.1 Å². The fraction of sp³-hybridized carbons (Fsp3) is 0.333. The van der Waals surface area contributed by atoms with Gasteiger partial charge in [0, 0.05) is 21.5 Å². The zero-order chi connectivity index (χ0) is 15.3. The van der Waals surface area contributed by atoms with Crippen LogP contribution in [0.2, 0.25) is 5.02 Å². The molecule has 0 amide bonds. The van der Waals surface area contributed by atoms with E-state index in [2.05, 4.69) is 9.97 Å². The second kappa shape index (κ2) is 5.31. The van der Waals surface area contributed by atoms with Crippen molar-refractivity contribution in [3.05, 3.63) is 39.4 Å². The molecule has 0 radical (unpaired) electrons. The number of likely N-dealkylation sites (tertiary alicyclic amines) is 1. The minimum absolute atomic E-state index is 0.100. The topological polar surface area (TPSA) is 70.4 Å². The molecule has 0 spiro atoms. The predicted molar refractivity (Wildman–Crippen MR) is 87.8 cm³/mol. The third kappa shape index (κ3) is 2.42. The van der Waals surface area contributed by atoms with Gasteiger partial charge < -0.3 is 15.0 Å². The van der Waals surface area contributed by atoms with Gasteiger partial charge in [-0.1, -0.05) is 11.6 Å². The van der Waals surface area contributed by atoms with Gasteiger partial charge in [-0.15, -0.1) is 11.3 Å². The van der Waals surface area contributed by atoms with Crippen LogP contribution in [0, 0.1) is 0 Å². The van der Waals surface area contributed by atoms with E-state index in [0.29, 0.717) is 28.6 Å². The van der Waals surface area contributed by atoms with Crippen LogP contribution >= 0.6 is 22.9 Å². The number of H-pyrrole nitrogens is 1. The van der Waals surface area contributed by atoms with Crippen LogP contribution in [0.5, 0.6) is 0 Å². The summed E-state index contributed by atoms with van der Waals surface area (Å²) in [6.45, 7) is 2.23. The molecule has 1 aliphatic rings. The maximum absolute atomic E-state index is 12.3. The maximum Gasteiger partial charge on any atom is 0.269 e. The Morgan fingerprint density at radius 2 is 2.36 bits per heavy atom. The molecule has 5 nitrogen and oxygen atoms in total. The van der Waals surface area contributed by atoms with E-state index in [0.717, 1.165) is 28.6 Å². The number of rotatable bonds is 2. The second-order valence-electron chi connectivity index (χ2n) is 5.76. The molecule has 1 fully saturated rings. The number of aromatic amines is 1. The monoisotopic (exact) mass is 336 g/mol. The number of quaternary nitrogens is 1. The SMILES string of the molecule is O=c1[nH]c(C[NH+]2CC[C@H](O)C2)nc2c1sc1ccc(Cl)cc12. The van der Waals surface area contributed by atoms with Crippen molar-refractivity contribution in [1.82, 2.24) is 9.97 Å². The van der Waals surface area contributed by atoms with Gasteiger partial charge >= 0.3 is 0 Å². The lowest BCUT2D eigenvalue weighted by Crippen LogP contribution is -3.09. The summed E-state index contributed by atoms with van der Waals surface area (Å²) in [5.74, 6) is 0.668. The number of aliphatic hydroxyl groups is 1. The van der Waals surface area contributed by atoms with Crippen molar-refractivity contribution in [3.8, 4) is 0 Å². The van der Waals surface area contributed by atoms with Gasteiger partial charge in [0.1, 0.15) is 23.9 Å². The predicted octanol–water partition coefficient (Wildman–Crippen LogP) is 0.941. The Morgan fingerprint density at radius 1 is 1.50 bits per heavy atom. The Bertz CT molecular complexity index is 920. The Labute approximate surface area is 135 Å². The molecule has 3 heterocycles. The smallest absolute Gasteiger partial charge is 0.269 e. The molecule has 4 rings (SSSR count). The van der Waals surface area contributed by atoms with E-state index in [1.54, 1.807) is 0 Å². The quantitative estimate of drug-likeness (QED) is 0.652. The molecular weight excluding hydrogens is 322 g/mol. The van der Waals surface area contributed by atoms with E-state index in [-0.39, 0.29) is 11.7 Å². The van der Waals surface area contributed by atoms with Crippen LogP contribution < -0.4 is 10.5 Å². The normalized spacial score (nSPS) is 21.9. The number of hydrogen-bond donors (Lipinski definition) is 3. The molecule has 7 heteroatoms. The highest BCUT2D eigenvalue weighted by molar-refractivity contribution is 7.25. The lowest BCUT2D eigenvalue weighted by molar-refractivity contribution is -0.903. The third-order valence-electron chi connectivity index (χ3n) is 4.11. The van der Waals surface area contributed by atoms with Gasteiger partial charge in [0.25, 0.3) is 5.56 Å². The molecule has 0 bridgehead atoms. The summed E-state index contributed by atoms with van der Waals surface area (Å²) < 4.78 is 1.65. The average molecular weight is 337 g/mol. The van der Waals surface area contributed by atoms with Gasteiger partial charge in [-0.2, -0.15) is 0 Å². The van der Waals surface area contributed by atoms with Crippen molar-refractivity contribution in [1.29, 1.82) is 0 Å². The fourth-order valence-corrected chi connectivity index (χ4v) is 4.25. The van der Waals surface area contributed by atoms with Gasteiger partial charge in [0.2, 0.25) is 0 Å². The molecule has 2 atom stereocenters. The van der Waals surface area contributed by atoms with Gasteiger partial charge in [0.05, 0.1) is 12.1 Å². The summed E-state index contributed by atoms with van der Waals surface area (Å²) in [6.07, 6.45) is 0.560. The number of fused-ring (bicyclic) bond motifs is 3. The largest absolute Gasteiger partial charge is 0.387 e. The molecular formula is C15H15ClN3O2S+. The van der Waals surface area contributed by atoms with E-state index in [4.69, 9.17) is 11.6 Å². The van der Waals surface area contributed by atoms with E-state index in [9.17, 15) is 9.90 Å². The Morgan fingerprint density at radius 3 is 3.14 bits per heavy atom. The lowest BCUT2D eigenvalue weighted by atomic mass is 10.2. The summed E-state index contributed by atoms with van der Waals surface area (Å²) >= 11 is 7.51. The minimum Gasteiger partial charge on any atom is -0.387 e. The first-order valence-electron chi connectivity index (χ1n) is 7.23. The number of aromatic nitrogens is 2. The first kappa shape index (κ1) is 14.1. The number of hydrogen-bond acceptors (Lipinski definition) is 4. The van der Waals surface area contributed by atoms with E-state index in [1.165, 1.54) is 16.2 Å². The van der Waals surface area contributed by atoms with Crippen LogP contribution in [-0.2, 0) is 6.54 Å². The number of benzene rings is 1. The van der Waals surface area contributed by atoms with E-state index in [1.807, 2.05) is 18.2 Å². The number of halogens is 1. The molecule has 1 unspecified atom stereocenters. The molecule has 1 saturated heterocycles. The molecule has 1 aromatic carbocycles. The van der Waals surface area contributed by atoms with Gasteiger partial charge in [-0.05, 0) is 18.2 Å². The minimum atomic E-state index is -0.244. The third-order valence-corrected chi connectivity index (χ3v) is 5.50. The molecule has 22 heavy (non-hydrogen) atoms. The molecule has 2 aromatic heterocycles. The standard InChI is InChI=1S/C15H14ClN3O2S/c16-8-1-2-11-10(5-8)13-14(22-11)15(21)18-12(17-13)7-19-4-3-9(20)6-19/h1-2,5,9,20H,3-4,6-7H2,(H,17,18,21)/p+1/t9-/m0/s1. The molecule has 3 N–H and O–H groups in total.